The predicted octanol–water partition coefficient (Wildman–Crippen LogP) is 1.82. The molecule has 2 rings (SSSR count). The second-order valence-electron chi connectivity index (χ2n) is 4.60. The van der Waals surface area contributed by atoms with E-state index in [1.54, 1.807) is 0 Å². The molecule has 0 spiro atoms. The fourth-order valence-electron chi connectivity index (χ4n) is 2.02. The summed E-state index contributed by atoms with van der Waals surface area (Å²) in [6.45, 7) is 5.28. The summed E-state index contributed by atoms with van der Waals surface area (Å²) in [5.74, 6) is 1.09. The normalized spacial score (nSPS) is 27.1. The second-order valence-corrected chi connectivity index (χ2v) is 6.03. The van der Waals surface area contributed by atoms with Crippen molar-refractivity contribution in [2.75, 3.05) is 6.54 Å². The minimum Gasteiger partial charge on any atom is -0.362 e. The van der Waals surface area contributed by atoms with Gasteiger partial charge in [0.2, 0.25) is 0 Å². The molecule has 1 aliphatic rings. The first-order valence-electron chi connectivity index (χ1n) is 6.09. The van der Waals surface area contributed by atoms with E-state index in [9.17, 15) is 0 Å². The maximum Gasteiger partial charge on any atom is 0.157 e. The van der Waals surface area contributed by atoms with Gasteiger partial charge in [-0.3, -0.25) is 4.99 Å². The summed E-state index contributed by atoms with van der Waals surface area (Å²) in [6.07, 6.45) is 5.92. The molecule has 0 aliphatic carbocycles. The van der Waals surface area contributed by atoms with Gasteiger partial charge in [-0.25, -0.2) is 4.98 Å². The summed E-state index contributed by atoms with van der Waals surface area (Å²) in [5, 5.41) is 5.18. The number of hydrogen-bond donors (Lipinski definition) is 1. The molecule has 2 unspecified atom stereocenters. The van der Waals surface area contributed by atoms with Crippen LogP contribution in [0.15, 0.2) is 17.4 Å². The Morgan fingerprint density at radius 1 is 1.59 bits per heavy atom. The van der Waals surface area contributed by atoms with Crippen LogP contribution in [-0.2, 0) is 13.5 Å². The first-order chi connectivity index (χ1) is 8.15. The van der Waals surface area contributed by atoms with Crippen molar-refractivity contribution in [3.63, 3.8) is 0 Å². The van der Waals surface area contributed by atoms with Gasteiger partial charge in [0.1, 0.15) is 5.82 Å². The van der Waals surface area contributed by atoms with Gasteiger partial charge < -0.3 is 9.88 Å². The molecular weight excluding hydrogens is 232 g/mol. The van der Waals surface area contributed by atoms with Crippen molar-refractivity contribution in [2.45, 2.75) is 38.0 Å². The van der Waals surface area contributed by atoms with Gasteiger partial charge in [0, 0.05) is 43.7 Å². The molecule has 2 atom stereocenters. The topological polar surface area (TPSA) is 42.2 Å². The molecule has 2 heterocycles. The molecule has 1 aliphatic heterocycles. The third-order valence-electron chi connectivity index (χ3n) is 2.88. The fourth-order valence-corrected chi connectivity index (χ4v) is 3.22. The summed E-state index contributed by atoms with van der Waals surface area (Å²) < 4.78 is 2.05. The van der Waals surface area contributed by atoms with Gasteiger partial charge in [0.05, 0.1) is 0 Å². The van der Waals surface area contributed by atoms with Crippen LogP contribution < -0.4 is 5.32 Å². The Balaban J connectivity index is 1.86. The van der Waals surface area contributed by atoms with Crippen LogP contribution in [0.3, 0.4) is 0 Å². The van der Waals surface area contributed by atoms with Crippen LogP contribution in [0.1, 0.15) is 26.1 Å². The minimum absolute atomic E-state index is 0.540. The Morgan fingerprint density at radius 3 is 3.06 bits per heavy atom. The second kappa shape index (κ2) is 5.58. The summed E-state index contributed by atoms with van der Waals surface area (Å²) in [6, 6.07) is 0.540. The third kappa shape index (κ3) is 3.49. The Morgan fingerprint density at radius 2 is 2.41 bits per heavy atom. The highest BCUT2D eigenvalue weighted by Gasteiger charge is 2.19. The lowest BCUT2D eigenvalue weighted by atomic mass is 10.2. The van der Waals surface area contributed by atoms with E-state index in [0.717, 1.165) is 24.0 Å². The molecule has 4 nitrogen and oxygen atoms in total. The van der Waals surface area contributed by atoms with Crippen LogP contribution in [-0.4, -0.2) is 32.6 Å². The van der Waals surface area contributed by atoms with E-state index in [4.69, 9.17) is 0 Å². The Hall–Kier alpha value is -0.970. The number of rotatable bonds is 3. The standard InChI is InChI=1S/C12H20N4S/c1-9-8-10(2)17-12(15-9)14-5-4-11-13-6-7-16(11)3/h6-7,9-10H,4-5,8H2,1-3H3,(H,14,15). The lowest BCUT2D eigenvalue weighted by Crippen LogP contribution is -2.38. The minimum atomic E-state index is 0.540. The molecule has 17 heavy (non-hydrogen) atoms. The average Bonchev–Trinajstić information content (AvgIpc) is 2.63. The zero-order chi connectivity index (χ0) is 12.3. The SMILES string of the molecule is CC1CC(C)SC(=NCCc2nccn2C)N1. The van der Waals surface area contributed by atoms with Crippen molar-refractivity contribution in [3.8, 4) is 0 Å². The number of hydrogen-bond acceptors (Lipinski definition) is 3. The van der Waals surface area contributed by atoms with Crippen molar-refractivity contribution < 1.29 is 0 Å². The first kappa shape index (κ1) is 12.5. The number of amidine groups is 1. The maximum atomic E-state index is 4.62. The largest absolute Gasteiger partial charge is 0.362 e. The van der Waals surface area contributed by atoms with Crippen LogP contribution in [0.4, 0.5) is 0 Å². The molecule has 5 heteroatoms. The molecule has 0 radical (unpaired) electrons. The Bertz CT molecular complexity index is 387. The van der Waals surface area contributed by atoms with E-state index < -0.39 is 0 Å². The molecular formula is C12H20N4S. The maximum absolute atomic E-state index is 4.62. The number of nitrogens with zero attached hydrogens (tertiary/aromatic N) is 3. The number of aliphatic imine (C=N–C) groups is 1. The van der Waals surface area contributed by atoms with Gasteiger partial charge in [-0.15, -0.1) is 0 Å². The lowest BCUT2D eigenvalue weighted by Gasteiger charge is -2.26. The van der Waals surface area contributed by atoms with E-state index >= 15 is 0 Å². The van der Waals surface area contributed by atoms with Crippen LogP contribution in [0.2, 0.25) is 0 Å². The zero-order valence-electron chi connectivity index (χ0n) is 10.7. The third-order valence-corrected chi connectivity index (χ3v) is 3.94. The van der Waals surface area contributed by atoms with Crippen molar-refractivity contribution in [2.24, 2.45) is 12.0 Å². The van der Waals surface area contributed by atoms with Crippen LogP contribution in [0.25, 0.3) is 0 Å². The smallest absolute Gasteiger partial charge is 0.157 e. The van der Waals surface area contributed by atoms with Crippen molar-refractivity contribution in [3.05, 3.63) is 18.2 Å². The summed E-state index contributed by atoms with van der Waals surface area (Å²) in [5.41, 5.74) is 0. The van der Waals surface area contributed by atoms with Gasteiger partial charge in [0.25, 0.3) is 0 Å². The predicted molar refractivity (Wildman–Crippen MR) is 73.5 cm³/mol. The molecule has 1 N–H and O–H groups in total. The highest BCUT2D eigenvalue weighted by atomic mass is 32.2. The number of aromatic nitrogens is 2. The van der Waals surface area contributed by atoms with E-state index in [1.807, 2.05) is 35.8 Å². The highest BCUT2D eigenvalue weighted by Crippen LogP contribution is 2.22. The van der Waals surface area contributed by atoms with E-state index in [2.05, 4.69) is 29.1 Å². The monoisotopic (exact) mass is 252 g/mol. The number of thioether (sulfide) groups is 1. The van der Waals surface area contributed by atoms with Crippen molar-refractivity contribution in [1.29, 1.82) is 0 Å². The average molecular weight is 252 g/mol. The van der Waals surface area contributed by atoms with Crippen LogP contribution in [0.5, 0.6) is 0 Å². The molecule has 1 aromatic rings. The van der Waals surface area contributed by atoms with Gasteiger partial charge in [-0.05, 0) is 13.3 Å². The summed E-state index contributed by atoms with van der Waals surface area (Å²) in [7, 11) is 2.02. The first-order valence-corrected chi connectivity index (χ1v) is 6.97. The molecule has 94 valence electrons. The van der Waals surface area contributed by atoms with Gasteiger partial charge in [0.15, 0.2) is 5.17 Å². The molecule has 0 bridgehead atoms. The zero-order valence-corrected chi connectivity index (χ0v) is 11.5. The fraction of sp³-hybridized carbons (Fsp3) is 0.667. The van der Waals surface area contributed by atoms with E-state index in [-0.39, 0.29) is 0 Å². The van der Waals surface area contributed by atoms with Gasteiger partial charge >= 0.3 is 0 Å². The molecule has 1 saturated heterocycles. The Labute approximate surface area is 107 Å². The highest BCUT2D eigenvalue weighted by molar-refractivity contribution is 8.14. The van der Waals surface area contributed by atoms with Crippen molar-refractivity contribution >= 4 is 16.9 Å². The van der Waals surface area contributed by atoms with Crippen LogP contribution >= 0.6 is 11.8 Å². The number of imidazole rings is 1. The van der Waals surface area contributed by atoms with Crippen LogP contribution in [0, 0.1) is 0 Å². The van der Waals surface area contributed by atoms with E-state index in [1.165, 1.54) is 6.42 Å². The van der Waals surface area contributed by atoms with Gasteiger partial charge in [-0.1, -0.05) is 18.7 Å². The quantitative estimate of drug-likeness (QED) is 0.892. The lowest BCUT2D eigenvalue weighted by molar-refractivity contribution is 0.597. The van der Waals surface area contributed by atoms with E-state index in [0.29, 0.717) is 11.3 Å². The number of nitrogens with one attached hydrogen (secondary N) is 1. The number of aryl methyl sites for hydroxylation is 1. The molecule has 0 amide bonds. The molecule has 0 aromatic carbocycles. The van der Waals surface area contributed by atoms with Gasteiger partial charge in [-0.2, -0.15) is 0 Å². The molecule has 1 aromatic heterocycles. The van der Waals surface area contributed by atoms with Crippen molar-refractivity contribution in [1.82, 2.24) is 14.9 Å². The Kier molecular flexibility index (Phi) is 4.10. The summed E-state index contributed by atoms with van der Waals surface area (Å²) in [4.78, 5) is 8.91. The molecule has 0 saturated carbocycles. The molecule has 1 fully saturated rings. The summed E-state index contributed by atoms with van der Waals surface area (Å²) >= 11 is 1.84.